The highest BCUT2D eigenvalue weighted by molar-refractivity contribution is 7.98. The summed E-state index contributed by atoms with van der Waals surface area (Å²) in [5.41, 5.74) is 0.707. The molecule has 8 nitrogen and oxygen atoms in total. The molecule has 2 aromatic heterocycles. The van der Waals surface area contributed by atoms with Crippen LogP contribution in [-0.2, 0) is 14.8 Å². The number of nitrogens with one attached hydrogen (secondary N) is 1. The van der Waals surface area contributed by atoms with Gasteiger partial charge in [-0.15, -0.1) is 10.2 Å². The first kappa shape index (κ1) is 24.1. The molecule has 11 heteroatoms. The third-order valence-corrected chi connectivity index (χ3v) is 7.51. The van der Waals surface area contributed by atoms with Gasteiger partial charge >= 0.3 is 0 Å². The van der Waals surface area contributed by atoms with E-state index in [4.69, 9.17) is 0 Å². The minimum atomic E-state index is -3.74. The monoisotopic (exact) mass is 479 g/mol. The summed E-state index contributed by atoms with van der Waals surface area (Å²) in [5, 5.41) is 11.4. The molecule has 1 aromatic carbocycles. The van der Waals surface area contributed by atoms with Gasteiger partial charge in [0.2, 0.25) is 15.9 Å². The van der Waals surface area contributed by atoms with E-state index in [0.29, 0.717) is 24.3 Å². The normalized spacial score (nSPS) is 12.9. The molecule has 1 N–H and O–H groups in total. The third-order valence-electron chi connectivity index (χ3n) is 5.00. The molecule has 1 unspecified atom stereocenters. The largest absolute Gasteiger partial charge is 0.346 e. The fourth-order valence-electron chi connectivity index (χ4n) is 3.23. The van der Waals surface area contributed by atoms with Crippen molar-refractivity contribution in [2.24, 2.45) is 0 Å². The first-order chi connectivity index (χ1) is 15.3. The predicted molar refractivity (Wildman–Crippen MR) is 122 cm³/mol. The summed E-state index contributed by atoms with van der Waals surface area (Å²) in [5.74, 6) is 0.820. The first-order valence-electron chi connectivity index (χ1n) is 10.1. The van der Waals surface area contributed by atoms with Crippen molar-refractivity contribution in [2.75, 3.05) is 25.6 Å². The zero-order valence-corrected chi connectivity index (χ0v) is 19.6. The number of halogens is 1. The highest BCUT2D eigenvalue weighted by Gasteiger charge is 2.22. The maximum absolute atomic E-state index is 13.1. The van der Waals surface area contributed by atoms with E-state index in [0.717, 1.165) is 17.9 Å². The Morgan fingerprint density at radius 3 is 2.69 bits per heavy atom. The van der Waals surface area contributed by atoms with Crippen LogP contribution in [0.3, 0.4) is 0 Å². The number of hydrogen-bond acceptors (Lipinski definition) is 6. The predicted octanol–water partition coefficient (Wildman–Crippen LogP) is 2.88. The van der Waals surface area contributed by atoms with Gasteiger partial charge in [0.05, 0.1) is 10.9 Å². The van der Waals surface area contributed by atoms with Crippen LogP contribution in [0.4, 0.5) is 4.39 Å². The molecule has 0 aliphatic heterocycles. The Morgan fingerprint density at radius 1 is 1.22 bits per heavy atom. The van der Waals surface area contributed by atoms with Gasteiger partial charge in [0.15, 0.2) is 11.5 Å². The lowest BCUT2D eigenvalue weighted by Gasteiger charge is -2.19. The molecule has 0 spiro atoms. The van der Waals surface area contributed by atoms with Gasteiger partial charge in [-0.2, -0.15) is 11.8 Å². The maximum Gasteiger partial charge on any atom is 0.242 e. The van der Waals surface area contributed by atoms with E-state index in [1.165, 1.54) is 23.5 Å². The zero-order valence-electron chi connectivity index (χ0n) is 17.9. The van der Waals surface area contributed by atoms with Gasteiger partial charge in [0, 0.05) is 26.2 Å². The minimum Gasteiger partial charge on any atom is -0.346 e. The van der Waals surface area contributed by atoms with Crippen LogP contribution in [0.5, 0.6) is 0 Å². The van der Waals surface area contributed by atoms with Gasteiger partial charge in [-0.05, 0) is 61.2 Å². The fourth-order valence-corrected chi connectivity index (χ4v) is 4.92. The van der Waals surface area contributed by atoms with Crippen molar-refractivity contribution in [1.29, 1.82) is 0 Å². The van der Waals surface area contributed by atoms with Crippen LogP contribution in [0.25, 0.3) is 5.65 Å². The molecule has 0 bridgehead atoms. The van der Waals surface area contributed by atoms with Crippen molar-refractivity contribution in [3.05, 3.63) is 60.3 Å². The summed E-state index contributed by atoms with van der Waals surface area (Å²) in [7, 11) is -2.29. The summed E-state index contributed by atoms with van der Waals surface area (Å²) in [4.78, 5) is 12.6. The second-order valence-electron chi connectivity index (χ2n) is 7.27. The van der Waals surface area contributed by atoms with E-state index >= 15 is 0 Å². The number of pyridine rings is 1. The van der Waals surface area contributed by atoms with E-state index in [2.05, 4.69) is 15.5 Å². The molecule has 2 heterocycles. The number of carbonyl (C=O) groups is 1. The average molecular weight is 480 g/mol. The quantitative estimate of drug-likeness (QED) is 0.454. The molecule has 3 aromatic rings. The van der Waals surface area contributed by atoms with E-state index in [9.17, 15) is 17.6 Å². The smallest absolute Gasteiger partial charge is 0.242 e. The second-order valence-corrected chi connectivity index (χ2v) is 10.3. The van der Waals surface area contributed by atoms with Crippen molar-refractivity contribution >= 4 is 33.3 Å². The van der Waals surface area contributed by atoms with Crippen LogP contribution in [-0.4, -0.2) is 58.8 Å². The van der Waals surface area contributed by atoms with E-state index < -0.39 is 15.8 Å². The van der Waals surface area contributed by atoms with Crippen molar-refractivity contribution in [1.82, 2.24) is 24.2 Å². The highest BCUT2D eigenvalue weighted by atomic mass is 32.2. The van der Waals surface area contributed by atoms with Crippen LogP contribution >= 0.6 is 11.8 Å². The number of aromatic nitrogens is 3. The third kappa shape index (κ3) is 5.84. The molecule has 0 saturated carbocycles. The average Bonchev–Trinajstić information content (AvgIpc) is 3.21. The van der Waals surface area contributed by atoms with Gasteiger partial charge in [-0.3, -0.25) is 9.20 Å². The molecule has 3 rings (SSSR count). The van der Waals surface area contributed by atoms with Crippen LogP contribution in [0.1, 0.15) is 31.1 Å². The number of amides is 1. The van der Waals surface area contributed by atoms with Crippen LogP contribution in [0, 0.1) is 5.82 Å². The summed E-state index contributed by atoms with van der Waals surface area (Å²) < 4.78 is 41.3. The first-order valence-corrected chi connectivity index (χ1v) is 13.0. The van der Waals surface area contributed by atoms with Crippen molar-refractivity contribution in [3.63, 3.8) is 0 Å². The standard InChI is InChI=1S/C21H26FN5O3S2/c1-26(32(29,30)17-10-8-16(22)9-11-17)13-5-7-20(28)23-18(12-15-31-2)21-25-24-19-6-3-4-14-27(19)21/h3-4,6,8-11,14,18H,5,7,12-13,15H2,1-2H3,(H,23,28). The lowest BCUT2D eigenvalue weighted by molar-refractivity contribution is -0.122. The Bertz CT molecular complexity index is 1150. The minimum absolute atomic E-state index is 0.0154. The number of sulfonamides is 1. The molecule has 172 valence electrons. The number of carbonyl (C=O) groups excluding carboxylic acids is 1. The summed E-state index contributed by atoms with van der Waals surface area (Å²) in [6.45, 7) is 0.163. The number of thioether (sulfide) groups is 1. The lowest BCUT2D eigenvalue weighted by Crippen LogP contribution is -2.32. The Morgan fingerprint density at radius 2 is 1.97 bits per heavy atom. The van der Waals surface area contributed by atoms with Gasteiger partial charge < -0.3 is 5.32 Å². The number of hydrogen-bond donors (Lipinski definition) is 1. The number of fused-ring (bicyclic) bond motifs is 1. The maximum atomic E-state index is 13.1. The van der Waals surface area contributed by atoms with Crippen molar-refractivity contribution < 1.29 is 17.6 Å². The molecule has 1 amide bonds. The Kier molecular flexibility index (Phi) is 8.21. The van der Waals surface area contributed by atoms with Crippen LogP contribution < -0.4 is 5.32 Å². The van der Waals surface area contributed by atoms with Gasteiger partial charge in [-0.25, -0.2) is 17.1 Å². The molecular weight excluding hydrogens is 453 g/mol. The van der Waals surface area contributed by atoms with Gasteiger partial charge in [-0.1, -0.05) is 6.07 Å². The molecule has 0 aliphatic rings. The highest BCUT2D eigenvalue weighted by Crippen LogP contribution is 2.19. The van der Waals surface area contributed by atoms with Crippen molar-refractivity contribution in [2.45, 2.75) is 30.2 Å². The van der Waals surface area contributed by atoms with Crippen LogP contribution in [0.15, 0.2) is 53.6 Å². The van der Waals surface area contributed by atoms with Gasteiger partial charge in [0.1, 0.15) is 5.82 Å². The molecule has 1 atom stereocenters. The molecule has 0 fully saturated rings. The second kappa shape index (κ2) is 10.9. The van der Waals surface area contributed by atoms with Crippen LogP contribution in [0.2, 0.25) is 0 Å². The zero-order chi connectivity index (χ0) is 23.1. The molecule has 32 heavy (non-hydrogen) atoms. The lowest BCUT2D eigenvalue weighted by atomic mass is 10.2. The molecular formula is C21H26FN5O3S2. The van der Waals surface area contributed by atoms with E-state index in [1.807, 2.05) is 35.1 Å². The number of rotatable bonds is 11. The van der Waals surface area contributed by atoms with Gasteiger partial charge in [0.25, 0.3) is 0 Å². The topological polar surface area (TPSA) is 96.7 Å². The molecule has 0 aliphatic carbocycles. The summed E-state index contributed by atoms with van der Waals surface area (Å²) in [6.07, 6.45) is 5.06. The molecule has 0 radical (unpaired) electrons. The Balaban J connectivity index is 1.58. The SMILES string of the molecule is CSCCC(NC(=O)CCCN(C)S(=O)(=O)c1ccc(F)cc1)c1nnc2ccccn12. The fraction of sp³-hybridized carbons (Fsp3) is 0.381. The summed E-state index contributed by atoms with van der Waals surface area (Å²) >= 11 is 1.68. The summed E-state index contributed by atoms with van der Waals surface area (Å²) in [6, 6.07) is 9.98. The Hall–Kier alpha value is -2.50. The van der Waals surface area contributed by atoms with E-state index in [1.54, 1.807) is 11.8 Å². The number of benzene rings is 1. The van der Waals surface area contributed by atoms with E-state index in [-0.39, 0.29) is 29.8 Å². The molecule has 0 saturated heterocycles. The van der Waals surface area contributed by atoms with Crippen molar-refractivity contribution in [3.8, 4) is 0 Å². The number of nitrogens with zero attached hydrogens (tertiary/aromatic N) is 4. The Labute approximate surface area is 191 Å².